The van der Waals surface area contributed by atoms with Crippen LogP contribution in [-0.4, -0.2) is 111 Å². The summed E-state index contributed by atoms with van der Waals surface area (Å²) < 4.78 is 95.7. The number of nitrogens with zero attached hydrogens (tertiary/aromatic N) is 3. The Bertz CT molecular complexity index is 2700. The van der Waals surface area contributed by atoms with E-state index < -0.39 is 69.2 Å². The number of nitrogens with one attached hydrogen (secondary N) is 2. The Kier molecular flexibility index (Phi) is 24.4. The number of rotatable bonds is 10. The molecule has 0 aliphatic carbocycles. The number of halogens is 7. The molecular weight excluding hydrogens is 1000 g/mol. The summed E-state index contributed by atoms with van der Waals surface area (Å²) in [5.74, 6) is -9.15. The van der Waals surface area contributed by atoms with Crippen molar-refractivity contribution in [1.82, 2.24) is 20.0 Å². The quantitative estimate of drug-likeness (QED) is 0.0691. The average molecular weight is 1080 g/mol. The van der Waals surface area contributed by atoms with E-state index in [0.717, 1.165) is 67.5 Å². The third-order valence-corrected chi connectivity index (χ3v) is 13.6. The first kappa shape index (κ1) is 63.4. The molecule has 0 aromatic heterocycles. The Labute approximate surface area is 449 Å². The maximum atomic E-state index is 14.6. The van der Waals surface area contributed by atoms with E-state index in [1.54, 1.807) is 25.1 Å². The molecule has 5 N–H and O–H groups in total. The highest BCUT2D eigenvalue weighted by atomic mass is 19.2. The van der Waals surface area contributed by atoms with Crippen LogP contribution in [0, 0.1) is 47.6 Å². The van der Waals surface area contributed by atoms with Gasteiger partial charge < -0.3 is 35.8 Å². The SMILES string of the molecule is C=C(C)c1ccc(F)cc1.CC.CC.CC.Cc1ccc(Nc2c(C(=O)N3CC(O)(C4CCCCN4)C3)ccc(F)c2F)c(F)c1.O=C(c1ccc(F)c(F)c1F)N1CC(O)(C2CCCCN2[C@H](CO)c2ccccc2)C1. The molecule has 0 spiro atoms. The largest absolute Gasteiger partial charge is 0.394 e. The predicted molar refractivity (Wildman–Crippen MR) is 290 cm³/mol. The Morgan fingerprint density at radius 1 is 0.675 bits per heavy atom. The standard InChI is InChI=1S/C23H25F3N2O3.C22H24F3N3O2.C9H9F.3C2H6/c24-17-10-9-16(20(25)21(17)26)22(30)27-13-23(31,14-27)19-8-4-5-11-28(19)18(12-29)15-6-2-1-3-7-15;1-13-5-8-17(16(24)10-13)27-20-14(6-7-15(23)19(20)25)21(29)28-11-22(30,12-28)18-4-2-3-9-26-18;1-7(2)8-3-5-9(10)6-4-8;3*1-2/h1-3,6-7,9-10,18-19,29,31H,4-5,8,11-14H2;5-8,10,18,26-27,30H,2-4,9,11-12H2,1H3;3-6H,1H2,2H3;3*1-2H3/t18-,19?;;;;;/m1...../s1. The number of β-amino-alcohol motifs (C(OH)–C–C–N with tert-alkyl or cyclic N) is 2. The van der Waals surface area contributed by atoms with Crippen molar-refractivity contribution in [2.75, 3.05) is 51.2 Å². The lowest BCUT2D eigenvalue weighted by atomic mass is 9.79. The monoisotopic (exact) mass is 1080 g/mol. The maximum Gasteiger partial charge on any atom is 0.257 e. The molecule has 0 saturated carbocycles. The van der Waals surface area contributed by atoms with Crippen LogP contribution in [0.15, 0.2) is 104 Å². The number of carbonyl (C=O) groups is 2. The molecule has 4 heterocycles. The van der Waals surface area contributed by atoms with Crippen LogP contribution in [-0.2, 0) is 0 Å². The van der Waals surface area contributed by atoms with Gasteiger partial charge in [-0.15, -0.1) is 0 Å². The molecule has 3 atom stereocenters. The van der Waals surface area contributed by atoms with Crippen molar-refractivity contribution >= 4 is 28.8 Å². The number of piperidine rings is 2. The molecule has 9 rings (SSSR count). The van der Waals surface area contributed by atoms with E-state index >= 15 is 0 Å². The van der Waals surface area contributed by atoms with E-state index in [4.69, 9.17) is 0 Å². The minimum atomic E-state index is -1.69. The summed E-state index contributed by atoms with van der Waals surface area (Å²) >= 11 is 0. The number of aliphatic hydroxyl groups excluding tert-OH is 1. The van der Waals surface area contributed by atoms with Crippen molar-refractivity contribution in [1.29, 1.82) is 0 Å². The summed E-state index contributed by atoms with van der Waals surface area (Å²) in [7, 11) is 0. The van der Waals surface area contributed by atoms with Gasteiger partial charge in [0.25, 0.3) is 11.8 Å². The number of carbonyl (C=O) groups excluding carboxylic acids is 2. The van der Waals surface area contributed by atoms with Gasteiger partial charge in [-0.3, -0.25) is 14.5 Å². The molecule has 5 aromatic rings. The number of allylic oxidation sites excluding steroid dienone is 1. The van der Waals surface area contributed by atoms with Crippen molar-refractivity contribution < 1.29 is 55.6 Å². The Balaban J connectivity index is 0.000000261. The molecule has 10 nitrogen and oxygen atoms in total. The number of anilines is 2. The molecule has 4 aliphatic rings. The minimum Gasteiger partial charge on any atom is -0.394 e. The Morgan fingerprint density at radius 2 is 1.23 bits per heavy atom. The van der Waals surface area contributed by atoms with Gasteiger partial charge in [0.05, 0.1) is 61.3 Å². The van der Waals surface area contributed by atoms with Crippen molar-refractivity contribution in [3.63, 3.8) is 0 Å². The van der Waals surface area contributed by atoms with Crippen LogP contribution >= 0.6 is 0 Å². The van der Waals surface area contributed by atoms with Crippen LogP contribution < -0.4 is 10.6 Å². The van der Waals surface area contributed by atoms with Crippen LogP contribution in [0.25, 0.3) is 5.57 Å². The minimum absolute atomic E-state index is 0.0433. The van der Waals surface area contributed by atoms with Gasteiger partial charge >= 0.3 is 0 Å². The molecule has 77 heavy (non-hydrogen) atoms. The van der Waals surface area contributed by atoms with Crippen LogP contribution in [0.1, 0.15) is 130 Å². The summed E-state index contributed by atoms with van der Waals surface area (Å²) in [4.78, 5) is 30.3. The van der Waals surface area contributed by atoms with Crippen molar-refractivity contribution in [3.8, 4) is 0 Å². The van der Waals surface area contributed by atoms with Gasteiger partial charge in [-0.05, 0) is 118 Å². The molecule has 2 amide bonds. The first-order valence-electron chi connectivity index (χ1n) is 26.6. The van der Waals surface area contributed by atoms with Gasteiger partial charge in [-0.25, -0.2) is 30.7 Å². The molecular formula is C60H76F7N5O5. The van der Waals surface area contributed by atoms with Gasteiger partial charge in [0.1, 0.15) is 22.8 Å². The molecule has 0 radical (unpaired) electrons. The zero-order valence-electron chi connectivity index (χ0n) is 45.5. The Hall–Kier alpha value is -6.11. The molecule has 4 saturated heterocycles. The van der Waals surface area contributed by atoms with E-state index in [9.17, 15) is 55.6 Å². The second-order valence-corrected chi connectivity index (χ2v) is 18.8. The number of aliphatic hydroxyl groups is 3. The van der Waals surface area contributed by atoms with Crippen molar-refractivity contribution in [2.45, 2.75) is 123 Å². The fourth-order valence-electron chi connectivity index (χ4n) is 9.71. The van der Waals surface area contributed by atoms with Crippen LogP contribution in [0.5, 0.6) is 0 Å². The van der Waals surface area contributed by atoms with E-state index in [2.05, 4.69) is 22.1 Å². The van der Waals surface area contributed by atoms with Gasteiger partial charge in [0, 0.05) is 12.1 Å². The molecule has 2 unspecified atom stereocenters. The summed E-state index contributed by atoms with van der Waals surface area (Å²) in [6.45, 7) is 20.8. The number of aryl methyl sites for hydroxylation is 1. The number of amides is 2. The molecule has 4 fully saturated rings. The third-order valence-electron chi connectivity index (χ3n) is 13.6. The normalized spacial score (nSPS) is 18.4. The highest BCUT2D eigenvalue weighted by Crippen LogP contribution is 2.39. The van der Waals surface area contributed by atoms with Crippen LogP contribution in [0.4, 0.5) is 42.1 Å². The number of likely N-dealkylation sites (tertiary alicyclic amines) is 3. The lowest BCUT2D eigenvalue weighted by molar-refractivity contribution is -0.150. The van der Waals surface area contributed by atoms with Gasteiger partial charge in [0.2, 0.25) is 0 Å². The highest BCUT2D eigenvalue weighted by Gasteiger charge is 2.53. The van der Waals surface area contributed by atoms with Crippen LogP contribution in [0.3, 0.4) is 0 Å². The lowest BCUT2D eigenvalue weighted by Gasteiger charge is -2.56. The summed E-state index contributed by atoms with van der Waals surface area (Å²) in [6.07, 6.45) is 5.41. The summed E-state index contributed by atoms with van der Waals surface area (Å²) in [5, 5.41) is 38.0. The smallest absolute Gasteiger partial charge is 0.257 e. The first-order chi connectivity index (χ1) is 36.8. The summed E-state index contributed by atoms with van der Waals surface area (Å²) in [5.41, 5.74) is 0.132. The zero-order chi connectivity index (χ0) is 57.2. The summed E-state index contributed by atoms with van der Waals surface area (Å²) in [6, 6.07) is 23.1. The predicted octanol–water partition coefficient (Wildman–Crippen LogP) is 12.3. The fraction of sp³-hybridized carbons (Fsp3) is 0.433. The van der Waals surface area contributed by atoms with E-state index in [0.29, 0.717) is 24.6 Å². The van der Waals surface area contributed by atoms with Gasteiger partial charge in [-0.1, -0.05) is 115 Å². The molecule has 420 valence electrons. The average Bonchev–Trinajstić information content (AvgIpc) is 3.43. The lowest BCUT2D eigenvalue weighted by Crippen LogP contribution is -2.72. The Morgan fingerprint density at radius 3 is 1.79 bits per heavy atom. The topological polar surface area (TPSA) is 129 Å². The molecule has 17 heteroatoms. The zero-order valence-corrected chi connectivity index (χ0v) is 45.5. The highest BCUT2D eigenvalue weighted by molar-refractivity contribution is 6.01. The third kappa shape index (κ3) is 15.6. The van der Waals surface area contributed by atoms with E-state index in [1.165, 1.54) is 40.1 Å². The maximum absolute atomic E-state index is 14.6. The second-order valence-electron chi connectivity index (χ2n) is 18.8. The fourth-order valence-corrected chi connectivity index (χ4v) is 9.71. The number of hydrogen-bond donors (Lipinski definition) is 5. The second kappa shape index (κ2) is 29.6. The number of benzene rings is 5. The van der Waals surface area contributed by atoms with Crippen LogP contribution in [0.2, 0.25) is 0 Å². The van der Waals surface area contributed by atoms with E-state index in [-0.39, 0.29) is 68.0 Å². The first-order valence-corrected chi connectivity index (χ1v) is 26.6. The molecule has 5 aromatic carbocycles. The molecule has 0 bridgehead atoms. The van der Waals surface area contributed by atoms with Crippen molar-refractivity contribution in [3.05, 3.63) is 172 Å². The van der Waals surface area contributed by atoms with Crippen molar-refractivity contribution in [2.24, 2.45) is 0 Å². The van der Waals surface area contributed by atoms with Gasteiger partial charge in [-0.2, -0.15) is 0 Å². The number of hydrogen-bond acceptors (Lipinski definition) is 8. The van der Waals surface area contributed by atoms with E-state index in [1.807, 2.05) is 78.8 Å². The molecule has 4 aliphatic heterocycles. The van der Waals surface area contributed by atoms with Gasteiger partial charge in [0.15, 0.2) is 29.1 Å².